The van der Waals surface area contributed by atoms with Gasteiger partial charge in [0.05, 0.1) is 19.0 Å². The van der Waals surface area contributed by atoms with Gasteiger partial charge in [-0.15, -0.1) is 0 Å². The highest BCUT2D eigenvalue weighted by Crippen LogP contribution is 2.37. The smallest absolute Gasteiger partial charge is 0.254 e. The van der Waals surface area contributed by atoms with Crippen molar-refractivity contribution < 1.29 is 9.53 Å². The molecule has 1 aromatic heterocycles. The number of nitrogens with one attached hydrogen (secondary N) is 1. The molecule has 1 fully saturated rings. The van der Waals surface area contributed by atoms with Crippen molar-refractivity contribution in [2.24, 2.45) is 11.7 Å². The number of nitrogens with two attached hydrogens (primary N) is 1. The van der Waals surface area contributed by atoms with E-state index in [0.29, 0.717) is 23.4 Å². The molecule has 1 saturated carbocycles. The molecule has 3 unspecified atom stereocenters. The molecule has 0 bridgehead atoms. The largest absolute Gasteiger partial charge is 0.480 e. The van der Waals surface area contributed by atoms with Crippen LogP contribution in [0.1, 0.15) is 48.0 Å². The predicted octanol–water partition coefficient (Wildman–Crippen LogP) is 3.57. The summed E-state index contributed by atoms with van der Waals surface area (Å²) >= 11 is 0. The summed E-state index contributed by atoms with van der Waals surface area (Å²) in [7, 11) is 1.48. The highest BCUT2D eigenvalue weighted by atomic mass is 16.5. The molecule has 1 heterocycles. The van der Waals surface area contributed by atoms with Gasteiger partial charge in [-0.25, -0.2) is 4.98 Å². The van der Waals surface area contributed by atoms with Crippen LogP contribution in [0.3, 0.4) is 0 Å². The molecule has 1 amide bonds. The number of rotatable bonds is 5. The quantitative estimate of drug-likeness (QED) is 0.873. The fraction of sp³-hybridized carbons (Fsp3) is 0.400. The van der Waals surface area contributed by atoms with E-state index in [2.05, 4.69) is 47.6 Å². The molecule has 3 atom stereocenters. The lowest BCUT2D eigenvalue weighted by atomic mass is 9.76. The van der Waals surface area contributed by atoms with Crippen molar-refractivity contribution in [3.8, 4) is 5.88 Å². The summed E-state index contributed by atoms with van der Waals surface area (Å²) in [6.07, 6.45) is 5.06. The monoisotopic (exact) mass is 339 g/mol. The van der Waals surface area contributed by atoms with Gasteiger partial charge in [-0.3, -0.25) is 4.79 Å². The molecule has 0 saturated heterocycles. The zero-order chi connectivity index (χ0) is 17.8. The number of aromatic nitrogens is 1. The van der Waals surface area contributed by atoms with Crippen LogP contribution in [0.5, 0.6) is 5.88 Å². The third-order valence-electron chi connectivity index (χ3n) is 4.89. The van der Waals surface area contributed by atoms with Crippen LogP contribution in [0, 0.1) is 5.92 Å². The number of amides is 1. The molecule has 3 rings (SSSR count). The lowest BCUT2D eigenvalue weighted by Gasteiger charge is -2.34. The number of carbonyl (C=O) groups is 1. The topological polar surface area (TPSA) is 77.2 Å². The zero-order valence-corrected chi connectivity index (χ0v) is 14.7. The van der Waals surface area contributed by atoms with E-state index in [1.54, 1.807) is 12.3 Å². The van der Waals surface area contributed by atoms with Crippen molar-refractivity contribution in [3.05, 3.63) is 53.7 Å². The van der Waals surface area contributed by atoms with Gasteiger partial charge in [0.15, 0.2) is 0 Å². The van der Waals surface area contributed by atoms with Gasteiger partial charge < -0.3 is 15.8 Å². The first-order chi connectivity index (χ1) is 12.1. The van der Waals surface area contributed by atoms with Gasteiger partial charge in [0, 0.05) is 6.04 Å². The standard InChI is InChI=1S/C20H25N3O2/c1-13-8-15(14-6-4-3-5-7-14)10-16(9-13)23-17-11-18(19(21)24)20(25-2)22-12-17/h3-7,11-13,15-16,23H,8-10H2,1-2H3,(H2,21,24). The molecule has 5 nitrogen and oxygen atoms in total. The lowest BCUT2D eigenvalue weighted by Crippen LogP contribution is -2.30. The maximum absolute atomic E-state index is 11.6. The predicted molar refractivity (Wildman–Crippen MR) is 98.9 cm³/mol. The molecule has 5 heteroatoms. The maximum Gasteiger partial charge on any atom is 0.254 e. The normalized spacial score (nSPS) is 23.0. The Balaban J connectivity index is 1.76. The number of primary amides is 1. The molecular weight excluding hydrogens is 314 g/mol. The van der Waals surface area contributed by atoms with Crippen LogP contribution in [0.25, 0.3) is 0 Å². The van der Waals surface area contributed by atoms with Gasteiger partial charge >= 0.3 is 0 Å². The lowest BCUT2D eigenvalue weighted by molar-refractivity contribution is 0.0996. The van der Waals surface area contributed by atoms with Gasteiger partial charge in [0.2, 0.25) is 5.88 Å². The van der Waals surface area contributed by atoms with Crippen molar-refractivity contribution in [3.63, 3.8) is 0 Å². The molecule has 1 aliphatic carbocycles. The highest BCUT2D eigenvalue weighted by Gasteiger charge is 2.27. The molecule has 0 aliphatic heterocycles. The molecule has 1 aromatic carbocycles. The molecular formula is C20H25N3O2. The average Bonchev–Trinajstić information content (AvgIpc) is 2.62. The Morgan fingerprint density at radius 2 is 2.00 bits per heavy atom. The Bertz CT molecular complexity index is 733. The van der Waals surface area contributed by atoms with E-state index in [0.717, 1.165) is 18.5 Å². The third kappa shape index (κ3) is 4.10. The van der Waals surface area contributed by atoms with E-state index in [1.165, 1.54) is 19.1 Å². The molecule has 25 heavy (non-hydrogen) atoms. The van der Waals surface area contributed by atoms with E-state index in [9.17, 15) is 4.79 Å². The summed E-state index contributed by atoms with van der Waals surface area (Å²) in [5, 5.41) is 3.53. The van der Waals surface area contributed by atoms with Crippen LogP contribution >= 0.6 is 0 Å². The zero-order valence-electron chi connectivity index (χ0n) is 14.7. The first-order valence-electron chi connectivity index (χ1n) is 8.72. The average molecular weight is 339 g/mol. The summed E-state index contributed by atoms with van der Waals surface area (Å²) in [4.78, 5) is 15.8. The van der Waals surface area contributed by atoms with Crippen LogP contribution in [0.2, 0.25) is 0 Å². The minimum Gasteiger partial charge on any atom is -0.480 e. The van der Waals surface area contributed by atoms with E-state index in [-0.39, 0.29) is 5.88 Å². The molecule has 132 valence electrons. The van der Waals surface area contributed by atoms with E-state index < -0.39 is 5.91 Å². The van der Waals surface area contributed by atoms with Gasteiger partial charge in [0.1, 0.15) is 5.56 Å². The van der Waals surface area contributed by atoms with E-state index >= 15 is 0 Å². The van der Waals surface area contributed by atoms with Crippen LogP contribution in [0.4, 0.5) is 5.69 Å². The Labute approximate surface area is 148 Å². The minimum absolute atomic E-state index is 0.261. The van der Waals surface area contributed by atoms with Crippen molar-refractivity contribution >= 4 is 11.6 Å². The van der Waals surface area contributed by atoms with Gasteiger partial charge in [-0.1, -0.05) is 37.3 Å². The van der Waals surface area contributed by atoms with Crippen LogP contribution in [-0.2, 0) is 0 Å². The highest BCUT2D eigenvalue weighted by molar-refractivity contribution is 5.95. The van der Waals surface area contributed by atoms with Crippen LogP contribution in [-0.4, -0.2) is 24.0 Å². The Kier molecular flexibility index (Phi) is 5.22. The van der Waals surface area contributed by atoms with Crippen molar-refractivity contribution in [1.82, 2.24) is 4.98 Å². The number of ether oxygens (including phenoxy) is 1. The third-order valence-corrected chi connectivity index (χ3v) is 4.89. The summed E-state index contributed by atoms with van der Waals surface area (Å²) < 4.78 is 5.10. The van der Waals surface area contributed by atoms with Crippen molar-refractivity contribution in [2.45, 2.75) is 38.1 Å². The van der Waals surface area contributed by atoms with Crippen molar-refractivity contribution in [1.29, 1.82) is 0 Å². The second-order valence-electron chi connectivity index (χ2n) is 6.91. The SMILES string of the molecule is COc1ncc(NC2CC(C)CC(c3ccccc3)C2)cc1C(N)=O. The second kappa shape index (κ2) is 7.55. The van der Waals surface area contributed by atoms with E-state index in [4.69, 9.17) is 10.5 Å². The summed E-state index contributed by atoms with van der Waals surface area (Å²) in [5.74, 6) is 0.909. The molecule has 0 radical (unpaired) electrons. The summed E-state index contributed by atoms with van der Waals surface area (Å²) in [6, 6.07) is 12.7. The summed E-state index contributed by atoms with van der Waals surface area (Å²) in [5.41, 5.74) is 7.93. The van der Waals surface area contributed by atoms with Gasteiger partial charge in [-0.2, -0.15) is 0 Å². The number of hydrogen-bond acceptors (Lipinski definition) is 4. The fourth-order valence-corrected chi connectivity index (χ4v) is 3.82. The number of anilines is 1. The first kappa shape index (κ1) is 17.3. The van der Waals surface area contributed by atoms with Crippen LogP contribution < -0.4 is 15.8 Å². The molecule has 3 N–H and O–H groups in total. The number of nitrogens with zero attached hydrogens (tertiary/aromatic N) is 1. The van der Waals surface area contributed by atoms with Gasteiger partial charge in [0.25, 0.3) is 5.91 Å². The fourth-order valence-electron chi connectivity index (χ4n) is 3.82. The first-order valence-corrected chi connectivity index (χ1v) is 8.72. The molecule has 2 aromatic rings. The summed E-state index contributed by atoms with van der Waals surface area (Å²) in [6.45, 7) is 2.30. The van der Waals surface area contributed by atoms with Gasteiger partial charge in [-0.05, 0) is 42.7 Å². The molecule has 0 spiro atoms. The Morgan fingerprint density at radius 3 is 2.68 bits per heavy atom. The van der Waals surface area contributed by atoms with Crippen molar-refractivity contribution in [2.75, 3.05) is 12.4 Å². The number of pyridine rings is 1. The number of hydrogen-bond donors (Lipinski definition) is 2. The second-order valence-corrected chi connectivity index (χ2v) is 6.91. The Morgan fingerprint density at radius 1 is 1.24 bits per heavy atom. The number of benzene rings is 1. The number of methoxy groups -OCH3 is 1. The van der Waals surface area contributed by atoms with E-state index in [1.807, 2.05) is 0 Å². The maximum atomic E-state index is 11.6. The Hall–Kier alpha value is -2.56. The molecule has 1 aliphatic rings. The minimum atomic E-state index is -0.535. The number of carbonyl (C=O) groups excluding carboxylic acids is 1. The van der Waals surface area contributed by atoms with Crippen LogP contribution in [0.15, 0.2) is 42.6 Å².